The van der Waals surface area contributed by atoms with Crippen molar-refractivity contribution in [1.29, 1.82) is 0 Å². The normalized spacial score (nSPS) is 11.2. The Kier molecular flexibility index (Phi) is 3.37. The molecule has 0 amide bonds. The highest BCUT2D eigenvalue weighted by molar-refractivity contribution is 14.1. The van der Waals surface area contributed by atoms with Gasteiger partial charge in [-0.25, -0.2) is 9.37 Å². The minimum Gasteiger partial charge on any atom is -0.369 e. The van der Waals surface area contributed by atoms with Crippen LogP contribution in [0.3, 0.4) is 0 Å². The number of nitrogen functional groups attached to an aromatic ring is 1. The fraction of sp³-hybridized carbons (Fsp3) is 0.133. The Labute approximate surface area is 129 Å². The fourth-order valence-electron chi connectivity index (χ4n) is 2.28. The number of imidazole rings is 1. The minimum atomic E-state index is -0.258. The molecule has 3 aromatic rings. The lowest BCUT2D eigenvalue weighted by Crippen LogP contribution is -2.01. The summed E-state index contributed by atoms with van der Waals surface area (Å²) in [6, 6.07) is 11.2. The van der Waals surface area contributed by atoms with E-state index in [4.69, 9.17) is 5.73 Å². The van der Waals surface area contributed by atoms with Crippen LogP contribution in [0.15, 0.2) is 36.4 Å². The fourth-order valence-corrected chi connectivity index (χ4v) is 2.73. The van der Waals surface area contributed by atoms with Gasteiger partial charge in [0.15, 0.2) is 0 Å². The summed E-state index contributed by atoms with van der Waals surface area (Å²) in [6.45, 7) is 2.09. The number of nitrogens with zero attached hydrogens (tertiary/aromatic N) is 2. The highest BCUT2D eigenvalue weighted by Gasteiger charge is 2.13. The van der Waals surface area contributed by atoms with Crippen LogP contribution >= 0.6 is 22.6 Å². The van der Waals surface area contributed by atoms with E-state index in [9.17, 15) is 4.39 Å². The SMILES string of the molecule is CCc1cccc(-n2c(N)nc3cc(I)c(F)cc32)c1. The van der Waals surface area contributed by atoms with E-state index >= 15 is 0 Å². The molecule has 0 fully saturated rings. The number of halogens is 2. The number of hydrogen-bond acceptors (Lipinski definition) is 2. The number of nitrogens with two attached hydrogens (primary N) is 1. The zero-order valence-electron chi connectivity index (χ0n) is 10.9. The third kappa shape index (κ3) is 2.15. The first kappa shape index (κ1) is 13.4. The Balaban J connectivity index is 2.29. The van der Waals surface area contributed by atoms with Crippen LogP contribution in [0.4, 0.5) is 10.3 Å². The Morgan fingerprint density at radius 1 is 1.30 bits per heavy atom. The van der Waals surface area contributed by atoms with Crippen molar-refractivity contribution < 1.29 is 4.39 Å². The second kappa shape index (κ2) is 5.05. The lowest BCUT2D eigenvalue weighted by atomic mass is 10.1. The van der Waals surface area contributed by atoms with Crippen molar-refractivity contribution in [3.05, 3.63) is 51.3 Å². The van der Waals surface area contributed by atoms with Crippen LogP contribution in [0.25, 0.3) is 16.7 Å². The number of fused-ring (bicyclic) bond motifs is 1. The van der Waals surface area contributed by atoms with Crippen LogP contribution < -0.4 is 5.73 Å². The molecule has 1 aromatic heterocycles. The first-order valence-corrected chi connectivity index (χ1v) is 7.40. The molecule has 1 heterocycles. The maximum Gasteiger partial charge on any atom is 0.205 e. The largest absolute Gasteiger partial charge is 0.369 e. The minimum absolute atomic E-state index is 0.258. The van der Waals surface area contributed by atoms with Gasteiger partial charge in [-0.1, -0.05) is 19.1 Å². The lowest BCUT2D eigenvalue weighted by molar-refractivity contribution is 0.622. The maximum atomic E-state index is 13.8. The standard InChI is InChI=1S/C15H13FIN3/c1-2-9-4-3-5-10(6-9)20-14-7-11(16)12(17)8-13(14)19-15(20)18/h3-8H,2H2,1H3,(H2,18,19). The molecule has 0 saturated heterocycles. The van der Waals surface area contributed by atoms with Gasteiger partial charge >= 0.3 is 0 Å². The molecule has 0 aliphatic rings. The van der Waals surface area contributed by atoms with Crippen molar-refractivity contribution in [1.82, 2.24) is 9.55 Å². The molecule has 0 aliphatic heterocycles. The van der Waals surface area contributed by atoms with E-state index in [2.05, 4.69) is 18.0 Å². The first-order valence-electron chi connectivity index (χ1n) is 6.32. The van der Waals surface area contributed by atoms with Gasteiger partial charge < -0.3 is 5.73 Å². The van der Waals surface area contributed by atoms with E-state index in [-0.39, 0.29) is 5.82 Å². The van der Waals surface area contributed by atoms with E-state index in [1.807, 2.05) is 40.8 Å². The third-order valence-corrected chi connectivity index (χ3v) is 4.13. The summed E-state index contributed by atoms with van der Waals surface area (Å²) in [4.78, 5) is 4.32. The number of rotatable bonds is 2. The molecule has 102 valence electrons. The molecule has 0 aliphatic carbocycles. The molecule has 20 heavy (non-hydrogen) atoms. The average Bonchev–Trinajstić information content (AvgIpc) is 2.74. The summed E-state index contributed by atoms with van der Waals surface area (Å²) >= 11 is 1.95. The average molecular weight is 381 g/mol. The van der Waals surface area contributed by atoms with Crippen LogP contribution in [0, 0.1) is 9.39 Å². The van der Waals surface area contributed by atoms with Crippen molar-refractivity contribution in [2.75, 3.05) is 5.73 Å². The number of aryl methyl sites for hydroxylation is 1. The number of benzene rings is 2. The third-order valence-electron chi connectivity index (χ3n) is 3.30. The van der Waals surface area contributed by atoms with Gasteiger partial charge in [0.1, 0.15) is 5.82 Å². The number of aromatic nitrogens is 2. The van der Waals surface area contributed by atoms with Crippen LogP contribution in [0.5, 0.6) is 0 Å². The van der Waals surface area contributed by atoms with Gasteiger partial charge in [0.05, 0.1) is 14.6 Å². The van der Waals surface area contributed by atoms with Crippen molar-refractivity contribution in [2.24, 2.45) is 0 Å². The van der Waals surface area contributed by atoms with Crippen LogP contribution in [-0.2, 0) is 6.42 Å². The van der Waals surface area contributed by atoms with Crippen LogP contribution in [0.1, 0.15) is 12.5 Å². The molecule has 0 atom stereocenters. The Bertz CT molecular complexity index is 795. The summed E-state index contributed by atoms with van der Waals surface area (Å²) in [5.41, 5.74) is 9.51. The molecule has 0 spiro atoms. The molecule has 0 saturated carbocycles. The Morgan fingerprint density at radius 2 is 2.10 bits per heavy atom. The summed E-state index contributed by atoms with van der Waals surface area (Å²) in [5.74, 6) is 0.112. The highest BCUT2D eigenvalue weighted by Crippen LogP contribution is 2.26. The van der Waals surface area contributed by atoms with Gasteiger partial charge in [0, 0.05) is 11.8 Å². The Morgan fingerprint density at radius 3 is 2.85 bits per heavy atom. The summed E-state index contributed by atoms with van der Waals surface area (Å²) in [7, 11) is 0. The smallest absolute Gasteiger partial charge is 0.205 e. The zero-order valence-corrected chi connectivity index (χ0v) is 13.1. The van der Waals surface area contributed by atoms with E-state index in [0.717, 1.165) is 12.1 Å². The highest BCUT2D eigenvalue weighted by atomic mass is 127. The summed E-state index contributed by atoms with van der Waals surface area (Å²) < 4.78 is 16.1. The Hall–Kier alpha value is -1.63. The molecule has 3 rings (SSSR count). The monoisotopic (exact) mass is 381 g/mol. The van der Waals surface area contributed by atoms with Gasteiger partial charge in [-0.15, -0.1) is 0 Å². The second-order valence-electron chi connectivity index (χ2n) is 4.58. The van der Waals surface area contributed by atoms with E-state index in [1.165, 1.54) is 11.6 Å². The van der Waals surface area contributed by atoms with E-state index < -0.39 is 0 Å². The van der Waals surface area contributed by atoms with Crippen LogP contribution in [0.2, 0.25) is 0 Å². The molecule has 0 unspecified atom stereocenters. The summed E-state index contributed by atoms with van der Waals surface area (Å²) in [6.07, 6.45) is 0.937. The molecule has 5 heteroatoms. The predicted molar refractivity (Wildman–Crippen MR) is 87.5 cm³/mol. The van der Waals surface area contributed by atoms with Crippen molar-refractivity contribution >= 4 is 39.6 Å². The second-order valence-corrected chi connectivity index (χ2v) is 5.75. The van der Waals surface area contributed by atoms with Crippen molar-refractivity contribution in [2.45, 2.75) is 13.3 Å². The van der Waals surface area contributed by atoms with Gasteiger partial charge in [-0.2, -0.15) is 0 Å². The number of anilines is 1. The van der Waals surface area contributed by atoms with E-state index in [1.54, 1.807) is 10.6 Å². The maximum absolute atomic E-state index is 13.8. The topological polar surface area (TPSA) is 43.8 Å². The molecule has 3 nitrogen and oxygen atoms in total. The van der Waals surface area contributed by atoms with Gasteiger partial charge in [0.25, 0.3) is 0 Å². The van der Waals surface area contributed by atoms with Crippen molar-refractivity contribution in [3.63, 3.8) is 0 Å². The van der Waals surface area contributed by atoms with Gasteiger partial charge in [-0.05, 0) is 52.8 Å². The zero-order chi connectivity index (χ0) is 14.3. The number of hydrogen-bond donors (Lipinski definition) is 1. The summed E-state index contributed by atoms with van der Waals surface area (Å²) in [5, 5.41) is 0. The molecular formula is C15H13FIN3. The quantitative estimate of drug-likeness (QED) is 0.684. The first-order chi connectivity index (χ1) is 9.60. The molecule has 2 aromatic carbocycles. The van der Waals surface area contributed by atoms with Crippen LogP contribution in [-0.4, -0.2) is 9.55 Å². The van der Waals surface area contributed by atoms with E-state index in [0.29, 0.717) is 20.6 Å². The lowest BCUT2D eigenvalue weighted by Gasteiger charge is -2.08. The predicted octanol–water partition coefficient (Wildman–Crippen LogP) is 3.91. The van der Waals surface area contributed by atoms with Crippen molar-refractivity contribution in [3.8, 4) is 5.69 Å². The molecular weight excluding hydrogens is 368 g/mol. The molecule has 2 N–H and O–H groups in total. The molecule has 0 radical (unpaired) electrons. The van der Waals surface area contributed by atoms with Gasteiger partial charge in [0.2, 0.25) is 5.95 Å². The van der Waals surface area contributed by atoms with Gasteiger partial charge in [-0.3, -0.25) is 4.57 Å². The molecule has 0 bridgehead atoms.